The maximum atomic E-state index is 4.68. The van der Waals surface area contributed by atoms with Crippen molar-refractivity contribution in [3.8, 4) is 0 Å². The Morgan fingerprint density at radius 2 is 1.73 bits per heavy atom. The minimum atomic E-state index is 0.417. The first-order chi connectivity index (χ1) is 12.7. The molecule has 0 saturated heterocycles. The normalized spacial score (nSPS) is 10.8. The van der Waals surface area contributed by atoms with E-state index in [2.05, 4.69) is 82.6 Å². The summed E-state index contributed by atoms with van der Waals surface area (Å²) < 4.78 is 0. The van der Waals surface area contributed by atoms with Crippen LogP contribution >= 0.6 is 0 Å². The molecule has 1 heterocycles. The van der Waals surface area contributed by atoms with Crippen molar-refractivity contribution >= 4 is 17.5 Å². The number of para-hydroxylation sites is 1. The van der Waals surface area contributed by atoms with Crippen LogP contribution in [0.4, 0.5) is 17.5 Å². The van der Waals surface area contributed by atoms with Crippen molar-refractivity contribution in [2.75, 3.05) is 16.8 Å². The Kier molecular flexibility index (Phi) is 5.79. The molecule has 134 valence electrons. The monoisotopic (exact) mass is 347 g/mol. The molecule has 0 aliphatic rings. The minimum absolute atomic E-state index is 0.417. The Balaban J connectivity index is 1.81. The van der Waals surface area contributed by atoms with Gasteiger partial charge < -0.3 is 10.2 Å². The first-order valence-corrected chi connectivity index (χ1v) is 9.02. The fraction of sp³-hybridized carbons (Fsp3) is 0.286. The second-order valence-electron chi connectivity index (χ2n) is 6.50. The highest BCUT2D eigenvalue weighted by Crippen LogP contribution is 2.26. The molecule has 0 aliphatic carbocycles. The molecular weight excluding hydrogens is 322 g/mol. The highest BCUT2D eigenvalue weighted by Gasteiger charge is 2.11. The van der Waals surface area contributed by atoms with Gasteiger partial charge in [0.15, 0.2) is 5.82 Å². The van der Waals surface area contributed by atoms with Crippen LogP contribution in [0.3, 0.4) is 0 Å². The molecule has 0 aliphatic heterocycles. The van der Waals surface area contributed by atoms with Crippen molar-refractivity contribution in [1.82, 2.24) is 15.2 Å². The van der Waals surface area contributed by atoms with Gasteiger partial charge in [0.2, 0.25) is 5.95 Å². The summed E-state index contributed by atoms with van der Waals surface area (Å²) in [6, 6.07) is 18.6. The van der Waals surface area contributed by atoms with Crippen LogP contribution in [0.25, 0.3) is 0 Å². The van der Waals surface area contributed by atoms with Crippen LogP contribution in [0.2, 0.25) is 0 Å². The first-order valence-electron chi connectivity index (χ1n) is 9.02. The fourth-order valence-corrected chi connectivity index (χ4v) is 2.89. The Labute approximate surface area is 155 Å². The molecule has 0 spiro atoms. The molecule has 3 aromatic rings. The van der Waals surface area contributed by atoms with Crippen molar-refractivity contribution in [3.05, 3.63) is 71.9 Å². The maximum absolute atomic E-state index is 4.68. The number of rotatable bonds is 7. The highest BCUT2D eigenvalue weighted by atomic mass is 15.3. The topological polar surface area (TPSA) is 53.9 Å². The van der Waals surface area contributed by atoms with Gasteiger partial charge in [-0.25, -0.2) is 0 Å². The van der Waals surface area contributed by atoms with Gasteiger partial charge >= 0.3 is 0 Å². The molecular formula is C21H25N5. The number of nitrogens with one attached hydrogen (secondary N) is 1. The summed E-state index contributed by atoms with van der Waals surface area (Å²) >= 11 is 0. The van der Waals surface area contributed by atoms with Gasteiger partial charge in [-0.2, -0.15) is 10.1 Å². The number of aromatic nitrogens is 3. The Hall–Kier alpha value is -2.95. The lowest BCUT2D eigenvalue weighted by atomic mass is 10.0. The zero-order chi connectivity index (χ0) is 18.4. The lowest BCUT2D eigenvalue weighted by Crippen LogP contribution is -2.23. The van der Waals surface area contributed by atoms with Crippen molar-refractivity contribution < 1.29 is 0 Å². The molecule has 0 fully saturated rings. The third-order valence-electron chi connectivity index (χ3n) is 4.30. The number of nitrogens with zero attached hydrogens (tertiary/aromatic N) is 4. The molecule has 5 heteroatoms. The highest BCUT2D eigenvalue weighted by molar-refractivity contribution is 5.60. The molecule has 0 radical (unpaired) electrons. The number of hydrogen-bond acceptors (Lipinski definition) is 5. The zero-order valence-corrected chi connectivity index (χ0v) is 15.6. The van der Waals surface area contributed by atoms with Gasteiger partial charge in [-0.05, 0) is 30.0 Å². The van der Waals surface area contributed by atoms with Crippen LogP contribution in [0, 0.1) is 0 Å². The molecule has 26 heavy (non-hydrogen) atoms. The van der Waals surface area contributed by atoms with Crippen LogP contribution in [-0.2, 0) is 6.54 Å². The molecule has 0 amide bonds. The molecule has 0 unspecified atom stereocenters. The van der Waals surface area contributed by atoms with Gasteiger partial charge in [0.25, 0.3) is 0 Å². The fourth-order valence-electron chi connectivity index (χ4n) is 2.89. The number of hydrogen-bond donors (Lipinski definition) is 1. The summed E-state index contributed by atoms with van der Waals surface area (Å²) in [5.74, 6) is 1.75. The van der Waals surface area contributed by atoms with E-state index >= 15 is 0 Å². The quantitative estimate of drug-likeness (QED) is 0.667. The van der Waals surface area contributed by atoms with Gasteiger partial charge in [-0.1, -0.05) is 62.4 Å². The molecule has 0 saturated carbocycles. The van der Waals surface area contributed by atoms with E-state index in [0.717, 1.165) is 24.6 Å². The van der Waals surface area contributed by atoms with Gasteiger partial charge in [0.1, 0.15) is 0 Å². The second kappa shape index (κ2) is 8.43. The Bertz CT molecular complexity index is 833. The van der Waals surface area contributed by atoms with E-state index in [4.69, 9.17) is 0 Å². The van der Waals surface area contributed by atoms with Crippen molar-refractivity contribution in [3.63, 3.8) is 0 Å². The largest absolute Gasteiger partial charge is 0.351 e. The van der Waals surface area contributed by atoms with Gasteiger partial charge in [-0.15, -0.1) is 5.10 Å². The van der Waals surface area contributed by atoms with E-state index < -0.39 is 0 Å². The minimum Gasteiger partial charge on any atom is -0.351 e. The van der Waals surface area contributed by atoms with E-state index in [9.17, 15) is 0 Å². The average molecular weight is 347 g/mol. The SMILES string of the molecule is CCN(Cc1ccccc1)c1cnnc(Nc2ccccc2C(C)C)n1. The van der Waals surface area contributed by atoms with Crippen LogP contribution in [-0.4, -0.2) is 21.7 Å². The van der Waals surface area contributed by atoms with Crippen molar-refractivity contribution in [1.29, 1.82) is 0 Å². The standard InChI is InChI=1S/C21H25N5/c1-4-26(15-17-10-6-5-7-11-17)20-14-22-25-21(24-20)23-19-13-9-8-12-18(19)16(2)3/h5-14,16H,4,15H2,1-3H3,(H,23,24,25). The number of benzene rings is 2. The van der Waals surface area contributed by atoms with E-state index in [1.54, 1.807) is 6.20 Å². The van der Waals surface area contributed by atoms with E-state index in [1.807, 2.05) is 18.2 Å². The molecule has 0 bridgehead atoms. The van der Waals surface area contributed by atoms with Crippen LogP contribution < -0.4 is 10.2 Å². The summed E-state index contributed by atoms with van der Waals surface area (Å²) in [5.41, 5.74) is 3.50. The predicted molar refractivity (Wildman–Crippen MR) is 107 cm³/mol. The van der Waals surface area contributed by atoms with Crippen molar-refractivity contribution in [2.45, 2.75) is 33.2 Å². The second-order valence-corrected chi connectivity index (χ2v) is 6.50. The zero-order valence-electron chi connectivity index (χ0n) is 15.6. The lowest BCUT2D eigenvalue weighted by Gasteiger charge is -2.22. The summed E-state index contributed by atoms with van der Waals surface area (Å²) in [6.07, 6.45) is 1.71. The Morgan fingerprint density at radius 1 is 1.00 bits per heavy atom. The summed E-state index contributed by atoms with van der Waals surface area (Å²) in [7, 11) is 0. The Morgan fingerprint density at radius 3 is 2.46 bits per heavy atom. The molecule has 2 aromatic carbocycles. The van der Waals surface area contributed by atoms with E-state index in [0.29, 0.717) is 11.9 Å². The first kappa shape index (κ1) is 17.9. The average Bonchev–Trinajstić information content (AvgIpc) is 2.67. The van der Waals surface area contributed by atoms with Gasteiger partial charge in [0.05, 0.1) is 6.20 Å². The predicted octanol–water partition coefficient (Wildman–Crippen LogP) is 4.77. The van der Waals surface area contributed by atoms with E-state index in [1.165, 1.54) is 11.1 Å². The lowest BCUT2D eigenvalue weighted by molar-refractivity contribution is 0.798. The molecule has 0 atom stereocenters. The maximum Gasteiger partial charge on any atom is 0.249 e. The summed E-state index contributed by atoms with van der Waals surface area (Å²) in [6.45, 7) is 8.10. The third kappa shape index (κ3) is 4.36. The molecule has 5 nitrogen and oxygen atoms in total. The third-order valence-corrected chi connectivity index (χ3v) is 4.30. The summed E-state index contributed by atoms with van der Waals surface area (Å²) in [4.78, 5) is 6.86. The smallest absolute Gasteiger partial charge is 0.249 e. The van der Waals surface area contributed by atoms with Crippen LogP contribution in [0.15, 0.2) is 60.8 Å². The molecule has 3 rings (SSSR count). The van der Waals surface area contributed by atoms with Crippen LogP contribution in [0.1, 0.15) is 37.8 Å². The number of anilines is 3. The van der Waals surface area contributed by atoms with Gasteiger partial charge in [-0.3, -0.25) is 0 Å². The van der Waals surface area contributed by atoms with Gasteiger partial charge in [0, 0.05) is 18.8 Å². The molecule has 1 N–H and O–H groups in total. The van der Waals surface area contributed by atoms with Crippen molar-refractivity contribution in [2.24, 2.45) is 0 Å². The summed E-state index contributed by atoms with van der Waals surface area (Å²) in [5, 5.41) is 11.6. The molecule has 1 aromatic heterocycles. The van der Waals surface area contributed by atoms with E-state index in [-0.39, 0.29) is 0 Å². The van der Waals surface area contributed by atoms with Crippen LogP contribution in [0.5, 0.6) is 0 Å².